The number of rotatable bonds is 8. The number of morpholine rings is 1. The van der Waals surface area contributed by atoms with Crippen molar-refractivity contribution in [2.24, 2.45) is 0 Å². The number of aromatic nitrogens is 1. The van der Waals surface area contributed by atoms with E-state index >= 15 is 0 Å². The summed E-state index contributed by atoms with van der Waals surface area (Å²) in [6.45, 7) is 4.18. The number of sulfonamides is 1. The second-order valence-electron chi connectivity index (χ2n) is 7.41. The molecule has 1 amide bonds. The minimum Gasteiger partial charge on any atom is -0.494 e. The Kier molecular flexibility index (Phi) is 7.39. The zero-order valence-electron chi connectivity index (χ0n) is 18.2. The Bertz CT molecular complexity index is 1190. The minimum absolute atomic E-state index is 0.239. The van der Waals surface area contributed by atoms with Crippen LogP contribution in [0.2, 0.25) is 0 Å². The van der Waals surface area contributed by atoms with Crippen molar-refractivity contribution in [3.05, 3.63) is 59.5 Å². The van der Waals surface area contributed by atoms with Crippen LogP contribution in [0.3, 0.4) is 0 Å². The monoisotopic (exact) mass is 487 g/mol. The number of carbonyl (C=O) groups excluding carboxylic acids is 1. The Morgan fingerprint density at radius 1 is 1.12 bits per heavy atom. The molecule has 10 heteroatoms. The largest absolute Gasteiger partial charge is 0.494 e. The third-order valence-corrected chi connectivity index (χ3v) is 7.74. The summed E-state index contributed by atoms with van der Waals surface area (Å²) in [6, 6.07) is 13.6. The highest BCUT2D eigenvalue weighted by atomic mass is 32.2. The van der Waals surface area contributed by atoms with E-state index in [9.17, 15) is 13.2 Å². The van der Waals surface area contributed by atoms with E-state index in [0.717, 1.165) is 17.7 Å². The molecule has 0 atom stereocenters. The fraction of sp³-hybridized carbons (Fsp3) is 0.304. The van der Waals surface area contributed by atoms with Crippen LogP contribution in [0.5, 0.6) is 5.75 Å². The number of thiazole rings is 1. The summed E-state index contributed by atoms with van der Waals surface area (Å²) in [5.41, 5.74) is 1.94. The average molecular weight is 488 g/mol. The molecule has 2 heterocycles. The molecule has 0 saturated carbocycles. The van der Waals surface area contributed by atoms with Gasteiger partial charge in [0, 0.05) is 29.6 Å². The van der Waals surface area contributed by atoms with Crippen LogP contribution in [0.15, 0.2) is 58.8 Å². The average Bonchev–Trinajstić information content (AvgIpc) is 3.32. The van der Waals surface area contributed by atoms with Gasteiger partial charge in [0.15, 0.2) is 5.13 Å². The Hall–Kier alpha value is -2.79. The normalized spacial score (nSPS) is 14.7. The minimum atomic E-state index is -3.54. The SMILES string of the molecule is CCCOc1ccc(C(=O)Nc2nc(-c3ccc(S(=O)(=O)N4CCOCC4)cc3)cs2)cc1. The predicted molar refractivity (Wildman–Crippen MR) is 127 cm³/mol. The first-order valence-corrected chi connectivity index (χ1v) is 13.0. The molecule has 0 unspecified atom stereocenters. The Morgan fingerprint density at radius 3 is 2.48 bits per heavy atom. The van der Waals surface area contributed by atoms with Crippen LogP contribution in [0, 0.1) is 0 Å². The molecule has 2 aromatic carbocycles. The summed E-state index contributed by atoms with van der Waals surface area (Å²) < 4.78 is 37.7. The molecule has 3 aromatic rings. The lowest BCUT2D eigenvalue weighted by molar-refractivity contribution is 0.0730. The summed E-state index contributed by atoms with van der Waals surface area (Å²) >= 11 is 1.31. The van der Waals surface area contributed by atoms with Crippen LogP contribution in [0.1, 0.15) is 23.7 Å². The Balaban J connectivity index is 1.41. The fourth-order valence-corrected chi connectivity index (χ4v) is 5.41. The van der Waals surface area contributed by atoms with E-state index < -0.39 is 10.0 Å². The van der Waals surface area contributed by atoms with Crippen molar-refractivity contribution >= 4 is 32.4 Å². The predicted octanol–water partition coefficient (Wildman–Crippen LogP) is 3.87. The summed E-state index contributed by atoms with van der Waals surface area (Å²) in [4.78, 5) is 17.2. The van der Waals surface area contributed by atoms with Crippen LogP contribution < -0.4 is 10.1 Å². The standard InChI is InChI=1S/C23H25N3O5S2/c1-2-13-31-19-7-3-18(4-8-19)22(27)25-23-24-21(16-32-23)17-5-9-20(10-6-17)33(28,29)26-11-14-30-15-12-26/h3-10,16H,2,11-15H2,1H3,(H,24,25,27). The number of ether oxygens (including phenoxy) is 2. The molecule has 0 bridgehead atoms. The number of hydrogen-bond acceptors (Lipinski definition) is 7. The van der Waals surface area contributed by atoms with Crippen molar-refractivity contribution < 1.29 is 22.7 Å². The van der Waals surface area contributed by atoms with Gasteiger partial charge in [0.25, 0.3) is 5.91 Å². The first-order chi connectivity index (χ1) is 16.0. The van der Waals surface area contributed by atoms with Gasteiger partial charge in [0.1, 0.15) is 5.75 Å². The molecule has 8 nitrogen and oxygen atoms in total. The summed E-state index contributed by atoms with van der Waals surface area (Å²) in [5.74, 6) is 0.467. The van der Waals surface area contributed by atoms with Crippen molar-refractivity contribution in [1.29, 1.82) is 0 Å². The van der Waals surface area contributed by atoms with Gasteiger partial charge >= 0.3 is 0 Å². The molecule has 1 aromatic heterocycles. The summed E-state index contributed by atoms with van der Waals surface area (Å²) in [5, 5.41) is 5.09. The highest BCUT2D eigenvalue weighted by Gasteiger charge is 2.26. The van der Waals surface area contributed by atoms with Gasteiger partial charge in [-0.05, 0) is 42.8 Å². The van der Waals surface area contributed by atoms with Gasteiger partial charge in [0.2, 0.25) is 10.0 Å². The molecule has 1 N–H and O–H groups in total. The van der Waals surface area contributed by atoms with Crippen molar-refractivity contribution in [3.63, 3.8) is 0 Å². The molecule has 0 spiro atoms. The second-order valence-corrected chi connectivity index (χ2v) is 10.2. The maximum absolute atomic E-state index is 12.8. The first kappa shape index (κ1) is 23.4. The number of benzene rings is 2. The van der Waals surface area contributed by atoms with Crippen LogP contribution in [-0.4, -0.2) is 56.5 Å². The lowest BCUT2D eigenvalue weighted by atomic mass is 10.2. The highest BCUT2D eigenvalue weighted by Crippen LogP contribution is 2.27. The maximum Gasteiger partial charge on any atom is 0.257 e. The quantitative estimate of drug-likeness (QED) is 0.518. The van der Waals surface area contributed by atoms with E-state index in [2.05, 4.69) is 10.3 Å². The van der Waals surface area contributed by atoms with Gasteiger partial charge in [-0.3, -0.25) is 10.1 Å². The number of hydrogen-bond donors (Lipinski definition) is 1. The first-order valence-electron chi connectivity index (χ1n) is 10.7. The highest BCUT2D eigenvalue weighted by molar-refractivity contribution is 7.89. The van der Waals surface area contributed by atoms with Crippen molar-refractivity contribution in [2.45, 2.75) is 18.2 Å². The third-order valence-electron chi connectivity index (χ3n) is 5.07. The van der Waals surface area contributed by atoms with E-state index in [1.165, 1.54) is 15.6 Å². The molecule has 1 saturated heterocycles. The molecular formula is C23H25N3O5S2. The number of nitrogens with zero attached hydrogens (tertiary/aromatic N) is 2. The Morgan fingerprint density at radius 2 is 1.82 bits per heavy atom. The number of nitrogens with one attached hydrogen (secondary N) is 1. The molecule has 0 aliphatic carbocycles. The molecule has 33 heavy (non-hydrogen) atoms. The molecule has 1 fully saturated rings. The van der Waals surface area contributed by atoms with Gasteiger partial charge in [0.05, 0.1) is 30.4 Å². The van der Waals surface area contributed by atoms with Crippen molar-refractivity contribution in [3.8, 4) is 17.0 Å². The molecular weight excluding hydrogens is 462 g/mol. The Labute approximate surface area is 197 Å². The topological polar surface area (TPSA) is 97.8 Å². The summed E-state index contributed by atoms with van der Waals surface area (Å²) in [7, 11) is -3.54. The van der Waals surface area contributed by atoms with Crippen LogP contribution in [-0.2, 0) is 14.8 Å². The third kappa shape index (κ3) is 5.59. The van der Waals surface area contributed by atoms with E-state index in [1.54, 1.807) is 48.5 Å². The van der Waals surface area contributed by atoms with Crippen molar-refractivity contribution in [2.75, 3.05) is 38.2 Å². The smallest absolute Gasteiger partial charge is 0.257 e. The zero-order chi connectivity index (χ0) is 23.3. The lowest BCUT2D eigenvalue weighted by Gasteiger charge is -2.26. The number of amides is 1. The van der Waals surface area contributed by atoms with E-state index in [4.69, 9.17) is 9.47 Å². The second kappa shape index (κ2) is 10.4. The van der Waals surface area contributed by atoms with Gasteiger partial charge in [-0.25, -0.2) is 13.4 Å². The van der Waals surface area contributed by atoms with E-state index in [0.29, 0.717) is 49.3 Å². The van der Waals surface area contributed by atoms with E-state index in [-0.39, 0.29) is 10.8 Å². The molecule has 0 radical (unpaired) electrons. The molecule has 1 aliphatic heterocycles. The van der Waals surface area contributed by atoms with Crippen LogP contribution in [0.25, 0.3) is 11.3 Å². The lowest BCUT2D eigenvalue weighted by Crippen LogP contribution is -2.40. The number of carbonyl (C=O) groups is 1. The summed E-state index contributed by atoms with van der Waals surface area (Å²) in [6.07, 6.45) is 0.918. The van der Waals surface area contributed by atoms with Gasteiger partial charge in [-0.1, -0.05) is 19.1 Å². The number of anilines is 1. The zero-order valence-corrected chi connectivity index (χ0v) is 19.8. The van der Waals surface area contributed by atoms with Crippen LogP contribution >= 0.6 is 11.3 Å². The van der Waals surface area contributed by atoms with E-state index in [1.807, 2.05) is 12.3 Å². The fourth-order valence-electron chi connectivity index (χ4n) is 3.29. The van der Waals surface area contributed by atoms with Gasteiger partial charge in [-0.15, -0.1) is 11.3 Å². The molecule has 1 aliphatic rings. The van der Waals surface area contributed by atoms with Gasteiger partial charge < -0.3 is 9.47 Å². The molecule has 4 rings (SSSR count). The van der Waals surface area contributed by atoms with Gasteiger partial charge in [-0.2, -0.15) is 4.31 Å². The van der Waals surface area contributed by atoms with Crippen LogP contribution in [0.4, 0.5) is 5.13 Å². The maximum atomic E-state index is 12.8. The van der Waals surface area contributed by atoms with Crippen molar-refractivity contribution in [1.82, 2.24) is 9.29 Å². The molecule has 174 valence electrons.